The number of hydrogen-bond acceptors (Lipinski definition) is 4. The minimum atomic E-state index is -0.425. The number of aromatic nitrogens is 4. The summed E-state index contributed by atoms with van der Waals surface area (Å²) in [5.41, 5.74) is 15.4. The number of benzene rings is 3. The van der Waals surface area contributed by atoms with Crippen molar-refractivity contribution in [3.05, 3.63) is 154 Å². The van der Waals surface area contributed by atoms with E-state index in [0.717, 1.165) is 61.8 Å². The van der Waals surface area contributed by atoms with Gasteiger partial charge in [0.1, 0.15) is 0 Å². The van der Waals surface area contributed by atoms with Gasteiger partial charge in [0.15, 0.2) is 0 Å². The van der Waals surface area contributed by atoms with E-state index in [1.165, 1.54) is 29.4 Å². The van der Waals surface area contributed by atoms with Crippen LogP contribution in [0.15, 0.2) is 103 Å². The Hall–Kier alpha value is -6.27. The quantitative estimate of drug-likeness (QED) is 0.166. The highest BCUT2D eigenvalue weighted by atomic mass is 16.5. The first-order valence-electron chi connectivity index (χ1n) is 21.7. The third kappa shape index (κ3) is 7.76. The fourth-order valence-corrected chi connectivity index (χ4v) is 9.29. The van der Waals surface area contributed by atoms with E-state index in [1.807, 2.05) is 30.3 Å². The summed E-state index contributed by atoms with van der Waals surface area (Å²) in [7, 11) is 1.46. The third-order valence-corrected chi connectivity index (χ3v) is 11.8. The average molecular weight is 821 g/mol. The van der Waals surface area contributed by atoms with Crippen LogP contribution in [0.25, 0.3) is 68.9 Å². The molecule has 0 radical (unpaired) electrons. The molecular weight excluding hydrogens is 761 g/mol. The minimum absolute atomic E-state index is 0.0663. The summed E-state index contributed by atoms with van der Waals surface area (Å²) in [6.45, 7) is 27.4. The maximum atomic E-state index is 14.4. The summed E-state index contributed by atoms with van der Waals surface area (Å²) in [5, 5.41) is 0. The van der Waals surface area contributed by atoms with Gasteiger partial charge in [0.05, 0.1) is 57.9 Å². The zero-order chi connectivity index (χ0) is 44.5. The number of nitrogens with zero attached hydrogens (tertiary/aromatic N) is 4. The van der Waals surface area contributed by atoms with E-state index in [1.54, 1.807) is 0 Å². The van der Waals surface area contributed by atoms with Crippen molar-refractivity contribution in [3.63, 3.8) is 0 Å². The minimum Gasteiger partial charge on any atom is -0.465 e. The molecular formula is C56H60N4O2. The molecule has 0 N–H and O–H groups in total. The van der Waals surface area contributed by atoms with Crippen LogP contribution in [-0.4, -0.2) is 32.2 Å². The Morgan fingerprint density at radius 2 is 0.919 bits per heavy atom. The van der Waals surface area contributed by atoms with Crippen molar-refractivity contribution in [2.75, 3.05) is 7.11 Å². The molecule has 6 heteroatoms. The second-order valence-corrected chi connectivity index (χ2v) is 20.8. The molecule has 2 aliphatic rings. The number of hydrogen-bond donors (Lipinski definition) is 0. The van der Waals surface area contributed by atoms with Crippen molar-refractivity contribution in [2.45, 2.75) is 105 Å². The smallest absolute Gasteiger partial charge is 0.340 e. The molecule has 0 saturated heterocycles. The zero-order valence-corrected chi connectivity index (χ0v) is 38.7. The molecule has 8 rings (SSSR count). The number of methoxy groups -OCH3 is 1. The van der Waals surface area contributed by atoms with Gasteiger partial charge in [0.25, 0.3) is 0 Å². The molecule has 6 nitrogen and oxygen atoms in total. The lowest BCUT2D eigenvalue weighted by atomic mass is 9.74. The van der Waals surface area contributed by atoms with E-state index in [4.69, 9.17) is 14.7 Å². The molecule has 0 amide bonds. The van der Waals surface area contributed by atoms with E-state index in [9.17, 15) is 4.79 Å². The molecule has 6 aromatic rings. The van der Waals surface area contributed by atoms with Gasteiger partial charge in [-0.25, -0.2) is 14.8 Å². The van der Waals surface area contributed by atoms with Crippen molar-refractivity contribution in [1.82, 2.24) is 19.1 Å². The maximum Gasteiger partial charge on any atom is 0.340 e. The second-order valence-electron chi connectivity index (χ2n) is 20.8. The zero-order valence-electron chi connectivity index (χ0n) is 38.7. The van der Waals surface area contributed by atoms with Crippen LogP contribution in [0.5, 0.6) is 0 Å². The van der Waals surface area contributed by atoms with Crippen LogP contribution in [0.4, 0.5) is 0 Å². The number of esters is 1. The summed E-state index contributed by atoms with van der Waals surface area (Å²) in [6.07, 6.45) is 8.24. The van der Waals surface area contributed by atoms with Crippen LogP contribution in [0.3, 0.4) is 0 Å². The topological polar surface area (TPSA) is 61.9 Å². The fourth-order valence-electron chi connectivity index (χ4n) is 9.29. The molecule has 3 aromatic heterocycles. The predicted octanol–water partition coefficient (Wildman–Crippen LogP) is 14.2. The summed E-state index contributed by atoms with van der Waals surface area (Å²) < 4.78 is 10.3. The van der Waals surface area contributed by atoms with E-state index in [2.05, 4.69) is 189 Å². The SMILES string of the molecule is COC(=O)c1c(-c2ccccc2)c2cc3nc(cc4ccc(cc5nc(cc1n2-c1cccc(C(C)(C)C)c1C(C)(C)C)C=C5)n4-c1cccc(C(C)(C)C)c1C(C)(C)C)C=C3. The Morgan fingerprint density at radius 3 is 1.35 bits per heavy atom. The van der Waals surface area contributed by atoms with E-state index < -0.39 is 5.97 Å². The lowest BCUT2D eigenvalue weighted by Gasteiger charge is -2.33. The third-order valence-electron chi connectivity index (χ3n) is 11.8. The first kappa shape index (κ1) is 42.4. The first-order chi connectivity index (χ1) is 29.1. The summed E-state index contributed by atoms with van der Waals surface area (Å²) in [5.74, 6) is -0.425. The Kier molecular flexibility index (Phi) is 10.4. The lowest BCUT2D eigenvalue weighted by molar-refractivity contribution is 0.0604. The molecule has 0 fully saturated rings. The predicted molar refractivity (Wildman–Crippen MR) is 260 cm³/mol. The molecule has 0 aliphatic carbocycles. The Morgan fingerprint density at radius 1 is 0.484 bits per heavy atom. The summed E-state index contributed by atoms with van der Waals surface area (Å²) in [4.78, 5) is 25.0. The Bertz CT molecular complexity index is 2980. The molecule has 5 heterocycles. The van der Waals surface area contributed by atoms with Crippen LogP contribution in [-0.2, 0) is 26.4 Å². The van der Waals surface area contributed by atoms with Gasteiger partial charge < -0.3 is 13.9 Å². The van der Waals surface area contributed by atoms with Gasteiger partial charge in [-0.1, -0.05) is 138 Å². The molecule has 8 bridgehead atoms. The highest BCUT2D eigenvalue weighted by Gasteiger charge is 2.33. The van der Waals surface area contributed by atoms with Gasteiger partial charge in [-0.05, 0) is 122 Å². The summed E-state index contributed by atoms with van der Waals surface area (Å²) in [6, 6.07) is 36.2. The normalized spacial score (nSPS) is 13.2. The number of ether oxygens (including phenoxy) is 1. The number of carbonyl (C=O) groups is 1. The van der Waals surface area contributed by atoms with Gasteiger partial charge in [-0.3, -0.25) is 0 Å². The highest BCUT2D eigenvalue weighted by molar-refractivity contribution is 6.11. The van der Waals surface area contributed by atoms with E-state index >= 15 is 0 Å². The molecule has 316 valence electrons. The average Bonchev–Trinajstić information content (AvgIpc) is 3.99. The monoisotopic (exact) mass is 820 g/mol. The van der Waals surface area contributed by atoms with Gasteiger partial charge in [-0.15, -0.1) is 0 Å². The molecule has 2 aliphatic heterocycles. The molecule has 62 heavy (non-hydrogen) atoms. The van der Waals surface area contributed by atoms with Gasteiger partial charge in [-0.2, -0.15) is 0 Å². The van der Waals surface area contributed by atoms with Crippen molar-refractivity contribution in [2.24, 2.45) is 0 Å². The van der Waals surface area contributed by atoms with Crippen molar-refractivity contribution < 1.29 is 9.53 Å². The molecule has 0 saturated carbocycles. The number of rotatable bonds is 4. The van der Waals surface area contributed by atoms with E-state index in [0.29, 0.717) is 11.1 Å². The fraction of sp³-hybridized carbons (Fsp3) is 0.304. The molecule has 0 atom stereocenters. The van der Waals surface area contributed by atoms with E-state index in [-0.39, 0.29) is 21.7 Å². The van der Waals surface area contributed by atoms with Crippen molar-refractivity contribution >= 4 is 52.3 Å². The van der Waals surface area contributed by atoms with Crippen LogP contribution < -0.4 is 0 Å². The van der Waals surface area contributed by atoms with Crippen LogP contribution in [0.2, 0.25) is 0 Å². The van der Waals surface area contributed by atoms with Gasteiger partial charge in [0, 0.05) is 16.6 Å². The van der Waals surface area contributed by atoms with Crippen molar-refractivity contribution in [3.8, 4) is 22.5 Å². The van der Waals surface area contributed by atoms with Crippen LogP contribution in [0.1, 0.15) is 138 Å². The lowest BCUT2D eigenvalue weighted by Crippen LogP contribution is -2.24. The first-order valence-corrected chi connectivity index (χ1v) is 21.7. The van der Waals surface area contributed by atoms with Crippen LogP contribution >= 0.6 is 0 Å². The van der Waals surface area contributed by atoms with Crippen molar-refractivity contribution in [1.29, 1.82) is 0 Å². The number of fused-ring (bicyclic) bond motifs is 8. The maximum absolute atomic E-state index is 14.4. The van der Waals surface area contributed by atoms with Gasteiger partial charge in [0.2, 0.25) is 0 Å². The molecule has 0 unspecified atom stereocenters. The standard InChI is InChI=1S/C56H60N4O2/c1-53(2,3)42-21-17-23-44(50(42)55(7,8)9)59-40-29-30-41(59)32-37-26-28-39(58-37)34-47-49(52(61)62-13)48(35-19-15-14-16-20-35)46(33-38-27-25-36(31-40)57-38)60(47)45-24-18-22-43(54(4,5)6)51(45)56(10,11)12/h14-34H,1-13H3. The Balaban J connectivity index is 1.59. The largest absolute Gasteiger partial charge is 0.465 e. The number of carbonyl (C=O) groups excluding carboxylic acids is 1. The highest BCUT2D eigenvalue weighted by Crippen LogP contribution is 2.44. The molecule has 0 spiro atoms. The van der Waals surface area contributed by atoms with Gasteiger partial charge >= 0.3 is 5.97 Å². The second kappa shape index (κ2) is 15.3. The van der Waals surface area contributed by atoms with Crippen LogP contribution in [0, 0.1) is 0 Å². The Labute approximate surface area is 367 Å². The summed E-state index contributed by atoms with van der Waals surface area (Å²) >= 11 is 0. The molecule has 3 aromatic carbocycles.